The van der Waals surface area contributed by atoms with Crippen molar-refractivity contribution in [3.05, 3.63) is 112 Å². The minimum absolute atomic E-state index is 0.120. The lowest BCUT2D eigenvalue weighted by atomic mass is 10.1. The molecule has 0 radical (unpaired) electrons. The van der Waals surface area contributed by atoms with Crippen LogP contribution in [0.4, 0.5) is 8.78 Å². The molecule has 5 aromatic rings. The molecule has 0 unspecified atom stereocenters. The van der Waals surface area contributed by atoms with Gasteiger partial charge in [-0.1, -0.05) is 54.2 Å². The molecule has 0 fully saturated rings. The average molecular weight is 490 g/mol. The fourth-order valence-corrected chi connectivity index (χ4v) is 4.83. The largest absolute Gasteiger partial charge is 0.497 e. The molecule has 3 aromatic carbocycles. The SMILES string of the molecule is COc1ccc(Cn2c(SCc3cc(F)ccc3F)nc3c(-c4ccccc4)c[nH]c3c2=O)cc1. The maximum Gasteiger partial charge on any atom is 0.278 e. The van der Waals surface area contributed by atoms with Crippen molar-refractivity contribution in [3.8, 4) is 16.9 Å². The number of methoxy groups -OCH3 is 1. The minimum Gasteiger partial charge on any atom is -0.497 e. The summed E-state index contributed by atoms with van der Waals surface area (Å²) in [5.74, 6) is -0.189. The van der Waals surface area contributed by atoms with E-state index in [4.69, 9.17) is 9.72 Å². The number of aromatic nitrogens is 3. The first-order chi connectivity index (χ1) is 17.0. The van der Waals surface area contributed by atoms with Gasteiger partial charge in [0.05, 0.1) is 13.7 Å². The van der Waals surface area contributed by atoms with Gasteiger partial charge in [0.15, 0.2) is 5.16 Å². The molecule has 0 atom stereocenters. The fraction of sp³-hybridized carbons (Fsp3) is 0.111. The lowest BCUT2D eigenvalue weighted by Gasteiger charge is -2.13. The summed E-state index contributed by atoms with van der Waals surface area (Å²) in [6, 6.07) is 20.4. The maximum absolute atomic E-state index is 14.3. The van der Waals surface area contributed by atoms with E-state index in [0.717, 1.165) is 28.8 Å². The van der Waals surface area contributed by atoms with Crippen molar-refractivity contribution < 1.29 is 13.5 Å². The second-order valence-electron chi connectivity index (χ2n) is 7.95. The van der Waals surface area contributed by atoms with E-state index in [1.54, 1.807) is 17.9 Å². The molecule has 176 valence electrons. The van der Waals surface area contributed by atoms with E-state index < -0.39 is 11.6 Å². The summed E-state index contributed by atoms with van der Waals surface area (Å²) in [7, 11) is 1.59. The van der Waals surface area contributed by atoms with Gasteiger partial charge >= 0.3 is 0 Å². The molecule has 8 heteroatoms. The van der Waals surface area contributed by atoms with Crippen molar-refractivity contribution in [1.82, 2.24) is 14.5 Å². The zero-order chi connectivity index (χ0) is 24.4. The van der Waals surface area contributed by atoms with Crippen molar-refractivity contribution in [2.75, 3.05) is 7.11 Å². The van der Waals surface area contributed by atoms with Crippen molar-refractivity contribution in [2.45, 2.75) is 17.5 Å². The maximum atomic E-state index is 14.3. The molecular formula is C27H21F2N3O2S. The molecule has 0 saturated carbocycles. The number of thioether (sulfide) groups is 1. The Bertz CT molecular complexity index is 1550. The van der Waals surface area contributed by atoms with Gasteiger partial charge in [-0.3, -0.25) is 9.36 Å². The zero-order valence-electron chi connectivity index (χ0n) is 18.8. The van der Waals surface area contributed by atoms with Crippen LogP contribution < -0.4 is 10.3 Å². The first kappa shape index (κ1) is 22.9. The Morgan fingerprint density at radius 3 is 2.54 bits per heavy atom. The number of aromatic amines is 1. The monoisotopic (exact) mass is 489 g/mol. The molecule has 0 amide bonds. The molecule has 0 saturated heterocycles. The summed E-state index contributed by atoms with van der Waals surface area (Å²) in [6.07, 6.45) is 1.77. The number of nitrogens with one attached hydrogen (secondary N) is 1. The van der Waals surface area contributed by atoms with Crippen LogP contribution in [0.1, 0.15) is 11.1 Å². The summed E-state index contributed by atoms with van der Waals surface area (Å²) in [4.78, 5) is 21.5. The van der Waals surface area contributed by atoms with Crippen LogP contribution in [0.3, 0.4) is 0 Å². The van der Waals surface area contributed by atoms with Crippen LogP contribution in [0.2, 0.25) is 0 Å². The van der Waals surface area contributed by atoms with Gasteiger partial charge in [0.25, 0.3) is 5.56 Å². The van der Waals surface area contributed by atoms with E-state index in [2.05, 4.69) is 4.98 Å². The van der Waals surface area contributed by atoms with Crippen LogP contribution in [0.5, 0.6) is 5.75 Å². The van der Waals surface area contributed by atoms with Gasteiger partial charge in [0.1, 0.15) is 28.4 Å². The van der Waals surface area contributed by atoms with Crippen LogP contribution in [0, 0.1) is 11.6 Å². The van der Waals surface area contributed by atoms with Gasteiger partial charge in [0, 0.05) is 23.1 Å². The highest BCUT2D eigenvalue weighted by Crippen LogP contribution is 2.29. The molecule has 0 aliphatic heterocycles. The normalized spacial score (nSPS) is 11.2. The van der Waals surface area contributed by atoms with E-state index in [0.29, 0.717) is 21.9 Å². The van der Waals surface area contributed by atoms with Crippen molar-refractivity contribution in [1.29, 1.82) is 0 Å². The predicted molar refractivity (Wildman–Crippen MR) is 134 cm³/mol. The Kier molecular flexibility index (Phi) is 6.37. The molecule has 1 N–H and O–H groups in total. The van der Waals surface area contributed by atoms with E-state index in [9.17, 15) is 13.6 Å². The first-order valence-electron chi connectivity index (χ1n) is 10.9. The number of H-pyrrole nitrogens is 1. The van der Waals surface area contributed by atoms with Gasteiger partial charge in [-0.05, 0) is 41.5 Å². The molecule has 5 rings (SSSR count). The average Bonchev–Trinajstić information content (AvgIpc) is 3.31. The van der Waals surface area contributed by atoms with Gasteiger partial charge in [-0.15, -0.1) is 0 Å². The molecule has 2 aromatic heterocycles. The van der Waals surface area contributed by atoms with Gasteiger partial charge in [0.2, 0.25) is 0 Å². The number of ether oxygens (including phenoxy) is 1. The number of benzene rings is 3. The van der Waals surface area contributed by atoms with Crippen LogP contribution in [0.25, 0.3) is 22.2 Å². The smallest absolute Gasteiger partial charge is 0.278 e. The number of rotatable bonds is 7. The third kappa shape index (κ3) is 4.70. The fourth-order valence-electron chi connectivity index (χ4n) is 3.87. The molecule has 0 aliphatic rings. The van der Waals surface area contributed by atoms with Gasteiger partial charge in [-0.2, -0.15) is 0 Å². The summed E-state index contributed by atoms with van der Waals surface area (Å²) in [6.45, 7) is 0.263. The van der Waals surface area contributed by atoms with Crippen LogP contribution in [-0.2, 0) is 12.3 Å². The third-order valence-electron chi connectivity index (χ3n) is 5.70. The van der Waals surface area contributed by atoms with E-state index >= 15 is 0 Å². The quantitative estimate of drug-likeness (QED) is 0.224. The molecule has 35 heavy (non-hydrogen) atoms. The molecular weight excluding hydrogens is 468 g/mol. The summed E-state index contributed by atoms with van der Waals surface area (Å²) in [5.41, 5.74) is 3.49. The molecule has 0 aliphatic carbocycles. The van der Waals surface area contributed by atoms with Crippen molar-refractivity contribution in [2.24, 2.45) is 0 Å². The number of fused-ring (bicyclic) bond motifs is 1. The standard InChI is InChI=1S/C27H21F2N3O2S/c1-34-21-10-7-17(8-11-21)15-32-26(33)25-24(22(14-30-25)18-5-3-2-4-6-18)31-27(32)35-16-19-13-20(28)9-12-23(19)29/h2-14,30H,15-16H2,1H3. The highest BCUT2D eigenvalue weighted by Gasteiger charge is 2.18. The lowest BCUT2D eigenvalue weighted by molar-refractivity contribution is 0.414. The number of hydrogen-bond donors (Lipinski definition) is 1. The predicted octanol–water partition coefficient (Wildman–Crippen LogP) is 6.02. The Balaban J connectivity index is 1.60. The Morgan fingerprint density at radius 1 is 1.03 bits per heavy atom. The topological polar surface area (TPSA) is 59.9 Å². The third-order valence-corrected chi connectivity index (χ3v) is 6.72. The Hall–Kier alpha value is -3.91. The van der Waals surface area contributed by atoms with Crippen LogP contribution in [0.15, 0.2) is 88.9 Å². The minimum atomic E-state index is -0.516. The Morgan fingerprint density at radius 2 is 1.80 bits per heavy atom. The number of hydrogen-bond acceptors (Lipinski definition) is 4. The number of nitrogens with zero attached hydrogens (tertiary/aromatic N) is 2. The van der Waals surface area contributed by atoms with Crippen LogP contribution in [-0.4, -0.2) is 21.6 Å². The highest BCUT2D eigenvalue weighted by atomic mass is 32.2. The van der Waals surface area contributed by atoms with E-state index in [1.807, 2.05) is 54.6 Å². The Labute approximate surface area is 204 Å². The second kappa shape index (κ2) is 9.76. The number of halogens is 2. The van der Waals surface area contributed by atoms with Gasteiger partial charge < -0.3 is 9.72 Å². The molecule has 2 heterocycles. The summed E-state index contributed by atoms with van der Waals surface area (Å²) in [5, 5.41) is 0.416. The molecule has 5 nitrogen and oxygen atoms in total. The lowest BCUT2D eigenvalue weighted by Crippen LogP contribution is -2.24. The van der Waals surface area contributed by atoms with E-state index in [1.165, 1.54) is 17.8 Å². The van der Waals surface area contributed by atoms with E-state index in [-0.39, 0.29) is 23.4 Å². The second-order valence-corrected chi connectivity index (χ2v) is 8.89. The zero-order valence-corrected chi connectivity index (χ0v) is 19.6. The summed E-state index contributed by atoms with van der Waals surface area (Å²) < 4.78 is 34.8. The van der Waals surface area contributed by atoms with Crippen molar-refractivity contribution in [3.63, 3.8) is 0 Å². The molecule has 0 bridgehead atoms. The first-order valence-corrected chi connectivity index (χ1v) is 11.9. The summed E-state index contributed by atoms with van der Waals surface area (Å²) >= 11 is 1.19. The van der Waals surface area contributed by atoms with Gasteiger partial charge in [-0.25, -0.2) is 13.8 Å². The molecule has 0 spiro atoms. The van der Waals surface area contributed by atoms with Crippen LogP contribution >= 0.6 is 11.8 Å². The van der Waals surface area contributed by atoms with Crippen molar-refractivity contribution >= 4 is 22.8 Å². The highest BCUT2D eigenvalue weighted by molar-refractivity contribution is 7.98.